The number of hydrogen-bond acceptors (Lipinski definition) is 2. The molecule has 0 bridgehead atoms. The first-order valence-electron chi connectivity index (χ1n) is 6.25. The largest absolute Gasteiger partial charge is 0.504 e. The molecule has 3 rings (SSSR count). The van der Waals surface area contributed by atoms with Gasteiger partial charge < -0.3 is 10.2 Å². The second-order valence-electron chi connectivity index (χ2n) is 5.12. The average Bonchev–Trinajstić information content (AvgIpc) is 2.56. The molecule has 0 saturated heterocycles. The molecule has 0 aromatic heterocycles. The van der Waals surface area contributed by atoms with Crippen LogP contribution in [0.15, 0.2) is 5.83 Å². The van der Waals surface area contributed by atoms with Crippen LogP contribution in [0.2, 0.25) is 0 Å². The molecule has 0 amide bonds. The summed E-state index contributed by atoms with van der Waals surface area (Å²) in [6.45, 7) is 0. The van der Waals surface area contributed by atoms with Crippen LogP contribution in [-0.4, -0.2) is 16.4 Å². The molecule has 0 spiro atoms. The van der Waals surface area contributed by atoms with Gasteiger partial charge in [-0.05, 0) is 0 Å². The number of aromatic hydroxyl groups is 1. The highest BCUT2D eigenvalue weighted by molar-refractivity contribution is 5.99. The van der Waals surface area contributed by atoms with Gasteiger partial charge in [0.05, 0.1) is 10.9 Å². The van der Waals surface area contributed by atoms with Gasteiger partial charge in [0.15, 0.2) is 40.7 Å². The maximum absolute atomic E-state index is 14.0. The Hall–Kier alpha value is -2.43. The van der Waals surface area contributed by atoms with E-state index in [1.807, 2.05) is 0 Å². The molecule has 134 valence electrons. The summed E-state index contributed by atoms with van der Waals surface area (Å²) in [5.41, 5.74) is -4.13. The maximum atomic E-state index is 14.0. The van der Waals surface area contributed by atoms with Crippen molar-refractivity contribution in [1.82, 2.24) is 0 Å². The van der Waals surface area contributed by atoms with Crippen molar-refractivity contribution in [3.8, 4) is 5.75 Å². The van der Waals surface area contributed by atoms with E-state index in [-0.39, 0.29) is 0 Å². The fourth-order valence-electron chi connectivity index (χ4n) is 2.62. The highest BCUT2D eigenvalue weighted by Gasteiger charge is 2.53. The first kappa shape index (κ1) is 17.4. The molecule has 0 fully saturated rings. The van der Waals surface area contributed by atoms with E-state index in [0.29, 0.717) is 0 Å². The molecule has 0 radical (unpaired) electrons. The van der Waals surface area contributed by atoms with Crippen LogP contribution in [0.5, 0.6) is 5.75 Å². The Morgan fingerprint density at radius 1 is 0.760 bits per heavy atom. The van der Waals surface area contributed by atoms with Gasteiger partial charge >= 0.3 is 0 Å². The topological polar surface area (TPSA) is 40.5 Å². The third-order valence-electron chi connectivity index (χ3n) is 3.77. The lowest BCUT2D eigenvalue weighted by atomic mass is 9.85. The van der Waals surface area contributed by atoms with Crippen LogP contribution in [0, 0.1) is 29.1 Å². The van der Waals surface area contributed by atoms with Gasteiger partial charge in [-0.25, -0.2) is 35.1 Å². The third kappa shape index (κ3) is 1.92. The summed E-state index contributed by atoms with van der Waals surface area (Å²) < 4.78 is 124. The molecule has 0 aliphatic heterocycles. The van der Waals surface area contributed by atoms with Gasteiger partial charge in [-0.1, -0.05) is 0 Å². The van der Waals surface area contributed by atoms with E-state index in [0.717, 1.165) is 0 Å². The Balaban J connectivity index is 2.73. The molecule has 1 aliphatic carbocycles. The zero-order chi connectivity index (χ0) is 19.0. The number of benzene rings is 2. The summed E-state index contributed by atoms with van der Waals surface area (Å²) in [4.78, 5) is 0. The second kappa shape index (κ2) is 5.04. The Bertz CT molecular complexity index is 981. The molecule has 2 N–H and O–H groups in total. The molecular weight excluding hydrogens is 371 g/mol. The van der Waals surface area contributed by atoms with Crippen molar-refractivity contribution >= 4 is 16.6 Å². The van der Waals surface area contributed by atoms with Crippen molar-refractivity contribution in [2.75, 3.05) is 0 Å². The van der Waals surface area contributed by atoms with Crippen LogP contribution in [0.4, 0.5) is 39.5 Å². The van der Waals surface area contributed by atoms with Gasteiger partial charge in [0.2, 0.25) is 12.0 Å². The quantitative estimate of drug-likeness (QED) is 0.533. The predicted molar refractivity (Wildman–Crippen MR) is 64.4 cm³/mol. The predicted octanol–water partition coefficient (Wildman–Crippen LogP) is 4.31. The van der Waals surface area contributed by atoms with E-state index >= 15 is 0 Å². The first-order chi connectivity index (χ1) is 11.4. The number of halogens is 9. The molecule has 25 heavy (non-hydrogen) atoms. The first-order valence-corrected chi connectivity index (χ1v) is 6.25. The van der Waals surface area contributed by atoms with Gasteiger partial charge in [-0.2, -0.15) is 4.39 Å². The van der Waals surface area contributed by atoms with E-state index in [4.69, 9.17) is 0 Å². The number of phenols is 1. The molecule has 2 aromatic carbocycles. The molecule has 2 atom stereocenters. The zero-order valence-electron chi connectivity index (χ0n) is 11.4. The van der Waals surface area contributed by atoms with Crippen molar-refractivity contribution in [3.05, 3.63) is 46.0 Å². The van der Waals surface area contributed by atoms with Crippen LogP contribution in [0.3, 0.4) is 0 Å². The van der Waals surface area contributed by atoms with Crippen LogP contribution >= 0.6 is 0 Å². The van der Waals surface area contributed by atoms with Crippen molar-refractivity contribution < 1.29 is 49.7 Å². The Labute approximate surface area is 131 Å². The third-order valence-corrected chi connectivity index (χ3v) is 3.77. The van der Waals surface area contributed by atoms with E-state index in [2.05, 4.69) is 0 Å². The van der Waals surface area contributed by atoms with Crippen molar-refractivity contribution in [1.29, 1.82) is 0 Å². The monoisotopic (exact) mass is 374 g/mol. The molecule has 11 heteroatoms. The summed E-state index contributed by atoms with van der Waals surface area (Å²) in [6, 6.07) is 0. The van der Waals surface area contributed by atoms with Gasteiger partial charge in [-0.3, -0.25) is 0 Å². The van der Waals surface area contributed by atoms with Crippen molar-refractivity contribution in [2.45, 2.75) is 12.0 Å². The van der Waals surface area contributed by atoms with Crippen LogP contribution in [0.1, 0.15) is 11.1 Å². The SMILES string of the molecule is Oc1c(F)c(F)c(F)c2c3c(c(F)c(F)c12)C(O)(F)C(F)C(F)=C3F. The summed E-state index contributed by atoms with van der Waals surface area (Å²) in [5, 5.41) is 15.0. The van der Waals surface area contributed by atoms with E-state index < -0.39 is 80.4 Å². The fraction of sp³-hybridized carbons (Fsp3) is 0.143. The Morgan fingerprint density at radius 2 is 1.28 bits per heavy atom. The van der Waals surface area contributed by atoms with Crippen LogP contribution in [0.25, 0.3) is 16.6 Å². The highest BCUT2D eigenvalue weighted by atomic mass is 19.2. The minimum absolute atomic E-state index is 1.79. The van der Waals surface area contributed by atoms with Gasteiger partial charge in [-0.15, -0.1) is 0 Å². The standard InChI is InChI=1S/C14H3F9O2/c15-5-1-2-4(14(23,25)13(22)11(21)6(2)16)8(18)7(17)3(1)12(24)10(20)9(5)19/h13,24-25H. The molecule has 2 aromatic rings. The summed E-state index contributed by atoms with van der Waals surface area (Å²) in [7, 11) is 0. The zero-order valence-corrected chi connectivity index (χ0v) is 11.4. The normalized spacial score (nSPS) is 23.4. The lowest BCUT2D eigenvalue weighted by Gasteiger charge is -2.30. The molecule has 2 unspecified atom stereocenters. The van der Waals surface area contributed by atoms with Crippen LogP contribution < -0.4 is 0 Å². The smallest absolute Gasteiger partial charge is 0.274 e. The summed E-state index contributed by atoms with van der Waals surface area (Å²) >= 11 is 0. The number of fused-ring (bicyclic) bond motifs is 3. The number of rotatable bonds is 0. The van der Waals surface area contributed by atoms with Crippen molar-refractivity contribution in [3.63, 3.8) is 0 Å². The number of alkyl halides is 2. The Morgan fingerprint density at radius 3 is 1.84 bits per heavy atom. The lowest BCUT2D eigenvalue weighted by Crippen LogP contribution is -2.38. The second-order valence-corrected chi connectivity index (χ2v) is 5.12. The van der Waals surface area contributed by atoms with E-state index in [1.54, 1.807) is 0 Å². The minimum atomic E-state index is -4.69. The van der Waals surface area contributed by atoms with Gasteiger partial charge in [0.25, 0.3) is 5.85 Å². The summed E-state index contributed by atoms with van der Waals surface area (Å²) in [6.07, 6.45) is -3.84. The van der Waals surface area contributed by atoms with Crippen LogP contribution in [-0.2, 0) is 5.85 Å². The van der Waals surface area contributed by atoms with Gasteiger partial charge in [0, 0.05) is 10.9 Å². The fourth-order valence-corrected chi connectivity index (χ4v) is 2.62. The summed E-state index contributed by atoms with van der Waals surface area (Å²) in [5.74, 6) is -24.2. The minimum Gasteiger partial charge on any atom is -0.504 e. The number of aliphatic hydroxyl groups is 1. The highest BCUT2D eigenvalue weighted by Crippen LogP contribution is 2.51. The van der Waals surface area contributed by atoms with E-state index in [9.17, 15) is 49.7 Å². The van der Waals surface area contributed by atoms with Gasteiger partial charge in [0.1, 0.15) is 0 Å². The molecule has 2 nitrogen and oxygen atoms in total. The van der Waals surface area contributed by atoms with E-state index in [1.165, 1.54) is 0 Å². The average molecular weight is 374 g/mol. The van der Waals surface area contributed by atoms with Crippen molar-refractivity contribution in [2.24, 2.45) is 0 Å². The molecule has 0 heterocycles. The number of phenolic OH excluding ortho intramolecular Hbond substituents is 1. The number of hydrogen-bond donors (Lipinski definition) is 2. The molecule has 1 aliphatic rings. The molecular formula is C14H3F9O2. The maximum Gasteiger partial charge on any atom is 0.274 e. The molecule has 0 saturated carbocycles. The Kier molecular flexibility index (Phi) is 3.50. The lowest BCUT2D eigenvalue weighted by molar-refractivity contribution is -0.149.